The molecule has 7 nitrogen and oxygen atoms in total. The Hall–Kier alpha value is -2.65. The summed E-state index contributed by atoms with van der Waals surface area (Å²) in [5.74, 6) is 2.02. The zero-order valence-electron chi connectivity index (χ0n) is 16.4. The van der Waals surface area contributed by atoms with Gasteiger partial charge in [-0.15, -0.1) is 11.3 Å². The van der Waals surface area contributed by atoms with Crippen molar-refractivity contribution in [3.63, 3.8) is 0 Å². The molecule has 154 valence electrons. The molecule has 0 fully saturated rings. The minimum Gasteiger partial charge on any atom is -0.490 e. The van der Waals surface area contributed by atoms with Crippen molar-refractivity contribution in [1.82, 2.24) is 20.1 Å². The molecule has 0 aliphatic rings. The van der Waals surface area contributed by atoms with Crippen molar-refractivity contribution in [3.05, 3.63) is 46.0 Å². The number of carbonyl (C=O) groups excluding carboxylic acids is 1. The van der Waals surface area contributed by atoms with Crippen molar-refractivity contribution in [1.29, 1.82) is 0 Å². The molecule has 2 aromatic heterocycles. The summed E-state index contributed by atoms with van der Waals surface area (Å²) in [7, 11) is 0. The average Bonchev–Trinajstić information content (AvgIpc) is 3.35. The Morgan fingerprint density at radius 3 is 2.76 bits per heavy atom. The van der Waals surface area contributed by atoms with Crippen LogP contribution in [0.4, 0.5) is 0 Å². The van der Waals surface area contributed by atoms with Crippen LogP contribution in [-0.2, 0) is 17.8 Å². The minimum atomic E-state index is -0.115. The molecule has 2 heterocycles. The maximum atomic E-state index is 12.4. The fraction of sp³-hybridized carbons (Fsp3) is 0.350. The Labute approximate surface area is 178 Å². The molecule has 2 N–H and O–H groups in total. The van der Waals surface area contributed by atoms with Crippen LogP contribution >= 0.6 is 23.6 Å². The number of ether oxygens (including phenoxy) is 2. The molecule has 3 rings (SSSR count). The molecule has 1 aromatic carbocycles. The molecule has 0 bridgehead atoms. The van der Waals surface area contributed by atoms with Crippen molar-refractivity contribution in [2.45, 2.75) is 26.8 Å². The largest absolute Gasteiger partial charge is 0.490 e. The van der Waals surface area contributed by atoms with Crippen molar-refractivity contribution in [3.8, 4) is 22.2 Å². The van der Waals surface area contributed by atoms with E-state index in [-0.39, 0.29) is 12.5 Å². The van der Waals surface area contributed by atoms with E-state index in [0.29, 0.717) is 36.8 Å². The van der Waals surface area contributed by atoms with Crippen molar-refractivity contribution in [2.75, 3.05) is 19.8 Å². The summed E-state index contributed by atoms with van der Waals surface area (Å²) < 4.78 is 13.4. The Morgan fingerprint density at radius 1 is 1.24 bits per heavy atom. The third-order valence-electron chi connectivity index (χ3n) is 4.15. The third kappa shape index (κ3) is 5.45. The fourth-order valence-electron chi connectivity index (χ4n) is 2.86. The second-order valence-electron chi connectivity index (χ2n) is 6.16. The van der Waals surface area contributed by atoms with Gasteiger partial charge in [-0.1, -0.05) is 12.1 Å². The highest BCUT2D eigenvalue weighted by Crippen LogP contribution is 2.28. The number of thiophene rings is 1. The topological polar surface area (TPSA) is 81.2 Å². The third-order valence-corrected chi connectivity index (χ3v) is 5.32. The summed E-state index contributed by atoms with van der Waals surface area (Å²) in [4.78, 5) is 13.4. The van der Waals surface area contributed by atoms with Gasteiger partial charge in [-0.2, -0.15) is 5.10 Å². The van der Waals surface area contributed by atoms with E-state index in [4.69, 9.17) is 21.7 Å². The molecule has 0 unspecified atom stereocenters. The quantitative estimate of drug-likeness (QED) is 0.476. The standard InChI is InChI=1S/C20H24N4O3S2/c1-3-26-15-8-7-14(12-16(15)27-4-2)9-10-21-18(25)13-24-19(22-23-20(24)28)17-6-5-11-29-17/h5-8,11-12H,3-4,9-10,13H2,1-2H3,(H,21,25)(H,23,28). The molecule has 0 saturated heterocycles. The molecule has 0 aliphatic heterocycles. The van der Waals surface area contributed by atoms with Crippen LogP contribution in [0.25, 0.3) is 10.7 Å². The lowest BCUT2D eigenvalue weighted by Gasteiger charge is -2.13. The van der Waals surface area contributed by atoms with Crippen LogP contribution in [-0.4, -0.2) is 40.4 Å². The van der Waals surface area contributed by atoms with Gasteiger partial charge in [0, 0.05) is 6.54 Å². The van der Waals surface area contributed by atoms with Crippen LogP contribution in [0.15, 0.2) is 35.7 Å². The number of H-pyrrole nitrogens is 1. The van der Waals surface area contributed by atoms with Gasteiger partial charge < -0.3 is 14.8 Å². The Balaban J connectivity index is 1.58. The predicted molar refractivity (Wildman–Crippen MR) is 116 cm³/mol. The molecule has 1 amide bonds. The molecular formula is C20H24N4O3S2. The van der Waals surface area contributed by atoms with Crippen molar-refractivity contribution in [2.24, 2.45) is 0 Å². The number of aromatic amines is 1. The van der Waals surface area contributed by atoms with Gasteiger partial charge in [0.15, 0.2) is 22.1 Å². The molecule has 0 radical (unpaired) electrons. The molecule has 0 saturated carbocycles. The molecule has 0 aliphatic carbocycles. The highest BCUT2D eigenvalue weighted by Gasteiger charge is 2.13. The second kappa shape index (κ2) is 10.2. The van der Waals surface area contributed by atoms with E-state index >= 15 is 0 Å². The summed E-state index contributed by atoms with van der Waals surface area (Å²) in [6.45, 7) is 5.66. The molecule has 0 atom stereocenters. The van der Waals surface area contributed by atoms with Crippen molar-refractivity contribution >= 4 is 29.5 Å². The van der Waals surface area contributed by atoms with Crippen LogP contribution in [0.2, 0.25) is 0 Å². The van der Waals surface area contributed by atoms with Crippen LogP contribution in [0.5, 0.6) is 11.5 Å². The zero-order valence-corrected chi connectivity index (χ0v) is 18.1. The first-order chi connectivity index (χ1) is 14.1. The van der Waals surface area contributed by atoms with Gasteiger partial charge in [0.05, 0.1) is 18.1 Å². The summed E-state index contributed by atoms with van der Waals surface area (Å²) in [6.07, 6.45) is 0.687. The van der Waals surface area contributed by atoms with E-state index in [1.54, 1.807) is 15.9 Å². The number of benzene rings is 1. The van der Waals surface area contributed by atoms with Crippen LogP contribution in [0, 0.1) is 4.77 Å². The molecule has 29 heavy (non-hydrogen) atoms. The van der Waals surface area contributed by atoms with Gasteiger partial charge in [-0.05, 0) is 61.6 Å². The predicted octanol–water partition coefficient (Wildman–Crippen LogP) is 3.83. The number of aromatic nitrogens is 3. The van der Waals surface area contributed by atoms with Crippen LogP contribution in [0.1, 0.15) is 19.4 Å². The SMILES string of the molecule is CCOc1ccc(CCNC(=O)Cn2c(-c3cccs3)n[nH]c2=S)cc1OCC. The Kier molecular flexibility index (Phi) is 7.42. The van der Waals surface area contributed by atoms with E-state index in [1.165, 1.54) is 0 Å². The van der Waals surface area contributed by atoms with Gasteiger partial charge >= 0.3 is 0 Å². The maximum Gasteiger partial charge on any atom is 0.240 e. The normalized spacial score (nSPS) is 10.7. The molecule has 9 heteroatoms. The number of carbonyl (C=O) groups is 1. The van der Waals surface area contributed by atoms with E-state index in [2.05, 4.69) is 15.5 Å². The van der Waals surface area contributed by atoms with Crippen molar-refractivity contribution < 1.29 is 14.3 Å². The Bertz CT molecular complexity index is 996. The van der Waals surface area contributed by atoms with E-state index in [9.17, 15) is 4.79 Å². The van der Waals surface area contributed by atoms with E-state index in [1.807, 2.05) is 49.6 Å². The Morgan fingerprint density at radius 2 is 2.03 bits per heavy atom. The fourth-order valence-corrected chi connectivity index (χ4v) is 3.77. The maximum absolute atomic E-state index is 12.4. The van der Waals surface area contributed by atoms with Gasteiger partial charge in [0.2, 0.25) is 5.91 Å². The number of nitrogens with one attached hydrogen (secondary N) is 2. The second-order valence-corrected chi connectivity index (χ2v) is 7.50. The van der Waals surface area contributed by atoms with Gasteiger partial charge in [0.25, 0.3) is 0 Å². The lowest BCUT2D eigenvalue weighted by Crippen LogP contribution is -2.29. The summed E-state index contributed by atoms with van der Waals surface area (Å²) in [5.41, 5.74) is 1.07. The lowest BCUT2D eigenvalue weighted by molar-refractivity contribution is -0.121. The summed E-state index contributed by atoms with van der Waals surface area (Å²) in [5, 5.41) is 11.9. The summed E-state index contributed by atoms with van der Waals surface area (Å²) >= 11 is 6.82. The number of amides is 1. The first-order valence-electron chi connectivity index (χ1n) is 9.46. The number of hydrogen-bond acceptors (Lipinski definition) is 6. The summed E-state index contributed by atoms with van der Waals surface area (Å²) in [6, 6.07) is 9.74. The zero-order chi connectivity index (χ0) is 20.6. The highest BCUT2D eigenvalue weighted by atomic mass is 32.1. The lowest BCUT2D eigenvalue weighted by atomic mass is 10.1. The number of rotatable bonds is 10. The number of nitrogens with zero attached hydrogens (tertiary/aromatic N) is 2. The first kappa shape index (κ1) is 21.1. The monoisotopic (exact) mass is 432 g/mol. The molecule has 0 spiro atoms. The number of hydrogen-bond donors (Lipinski definition) is 2. The van der Waals surface area contributed by atoms with Gasteiger partial charge in [-0.25, -0.2) is 0 Å². The van der Waals surface area contributed by atoms with E-state index < -0.39 is 0 Å². The van der Waals surface area contributed by atoms with Gasteiger partial charge in [-0.3, -0.25) is 14.5 Å². The van der Waals surface area contributed by atoms with E-state index in [0.717, 1.165) is 21.9 Å². The first-order valence-corrected chi connectivity index (χ1v) is 10.8. The average molecular weight is 433 g/mol. The molecular weight excluding hydrogens is 408 g/mol. The molecule has 3 aromatic rings. The smallest absolute Gasteiger partial charge is 0.240 e. The highest BCUT2D eigenvalue weighted by molar-refractivity contribution is 7.71. The van der Waals surface area contributed by atoms with Crippen LogP contribution in [0.3, 0.4) is 0 Å². The minimum absolute atomic E-state index is 0.115. The van der Waals surface area contributed by atoms with Gasteiger partial charge in [0.1, 0.15) is 6.54 Å². The van der Waals surface area contributed by atoms with Crippen LogP contribution < -0.4 is 14.8 Å².